The predicted molar refractivity (Wildman–Crippen MR) is 166 cm³/mol. The van der Waals surface area contributed by atoms with Gasteiger partial charge < -0.3 is 4.74 Å². The number of rotatable bonds is 12. The van der Waals surface area contributed by atoms with Crippen LogP contribution in [0.4, 0.5) is 0 Å². The molecule has 0 spiro atoms. The van der Waals surface area contributed by atoms with Crippen molar-refractivity contribution in [2.75, 3.05) is 39.3 Å². The van der Waals surface area contributed by atoms with Gasteiger partial charge in [-0.3, -0.25) is 14.7 Å². The monoisotopic (exact) mass is 539 g/mol. The van der Waals surface area contributed by atoms with Gasteiger partial charge >= 0.3 is 0 Å². The first-order valence-electron chi connectivity index (χ1n) is 15.7. The summed E-state index contributed by atoms with van der Waals surface area (Å²) in [4.78, 5) is 7.68. The van der Waals surface area contributed by atoms with E-state index in [1.54, 1.807) is 0 Å². The molecule has 0 radical (unpaired) electrons. The first-order chi connectivity index (χ1) is 19.7. The summed E-state index contributed by atoms with van der Waals surface area (Å²) in [5, 5.41) is 0. The SMILES string of the molecule is CCN(CC)Cc1ccc(CN2CCC(CCOc3ccc4c(c3)CN(Cc3ccccc3)CCC4)CC2)cc1. The molecular weight excluding hydrogens is 490 g/mol. The van der Waals surface area contributed by atoms with Gasteiger partial charge in [-0.15, -0.1) is 0 Å². The van der Waals surface area contributed by atoms with Crippen LogP contribution in [-0.2, 0) is 32.6 Å². The van der Waals surface area contributed by atoms with Crippen LogP contribution in [0.15, 0.2) is 72.8 Å². The lowest BCUT2D eigenvalue weighted by molar-refractivity contribution is 0.157. The molecule has 2 aliphatic rings. The summed E-state index contributed by atoms with van der Waals surface area (Å²) in [7, 11) is 0. The number of hydrogen-bond donors (Lipinski definition) is 0. The molecule has 0 aromatic heterocycles. The minimum atomic E-state index is 0.773. The summed E-state index contributed by atoms with van der Waals surface area (Å²) in [6.07, 6.45) is 6.11. The Morgan fingerprint density at radius 3 is 2.20 bits per heavy atom. The Labute approximate surface area is 242 Å². The number of piperidine rings is 1. The molecule has 2 aliphatic heterocycles. The number of ether oxygens (including phenoxy) is 1. The fraction of sp³-hybridized carbons (Fsp3) is 0.500. The minimum absolute atomic E-state index is 0.773. The summed E-state index contributed by atoms with van der Waals surface area (Å²) in [5.41, 5.74) is 7.20. The lowest BCUT2D eigenvalue weighted by Gasteiger charge is -2.32. The molecule has 1 saturated heterocycles. The Hall–Kier alpha value is -2.66. The number of fused-ring (bicyclic) bond motifs is 1. The van der Waals surface area contributed by atoms with Crippen LogP contribution in [0.25, 0.3) is 0 Å². The Morgan fingerprint density at radius 2 is 1.45 bits per heavy atom. The Bertz CT molecular complexity index is 1150. The average molecular weight is 540 g/mol. The van der Waals surface area contributed by atoms with Crippen molar-refractivity contribution in [1.82, 2.24) is 14.7 Å². The van der Waals surface area contributed by atoms with Crippen LogP contribution >= 0.6 is 0 Å². The van der Waals surface area contributed by atoms with Crippen LogP contribution < -0.4 is 4.74 Å². The second-order valence-electron chi connectivity index (χ2n) is 11.9. The highest BCUT2D eigenvalue weighted by Gasteiger charge is 2.20. The van der Waals surface area contributed by atoms with E-state index in [1.807, 2.05) is 0 Å². The maximum Gasteiger partial charge on any atom is 0.119 e. The van der Waals surface area contributed by atoms with E-state index in [1.165, 1.54) is 66.6 Å². The van der Waals surface area contributed by atoms with Gasteiger partial charge in [-0.05, 0) is 111 Å². The minimum Gasteiger partial charge on any atom is -0.494 e. The third-order valence-corrected chi connectivity index (χ3v) is 8.97. The molecule has 3 aromatic carbocycles. The van der Waals surface area contributed by atoms with Gasteiger partial charge in [0.25, 0.3) is 0 Å². The summed E-state index contributed by atoms with van der Waals surface area (Å²) < 4.78 is 6.31. The van der Waals surface area contributed by atoms with Crippen LogP contribution in [0.5, 0.6) is 5.75 Å². The Morgan fingerprint density at radius 1 is 0.750 bits per heavy atom. The molecular formula is C36H49N3O. The van der Waals surface area contributed by atoms with Crippen molar-refractivity contribution >= 4 is 0 Å². The van der Waals surface area contributed by atoms with E-state index >= 15 is 0 Å². The third kappa shape index (κ3) is 8.42. The summed E-state index contributed by atoms with van der Waals surface area (Å²) in [6.45, 7) is 15.2. The zero-order chi connectivity index (χ0) is 27.6. The molecule has 5 rings (SSSR count). The molecule has 40 heavy (non-hydrogen) atoms. The second kappa shape index (κ2) is 14.8. The molecule has 3 aromatic rings. The largest absolute Gasteiger partial charge is 0.494 e. The number of hydrogen-bond acceptors (Lipinski definition) is 4. The maximum absolute atomic E-state index is 6.31. The van der Waals surface area contributed by atoms with E-state index in [0.29, 0.717) is 0 Å². The van der Waals surface area contributed by atoms with Gasteiger partial charge in [0.05, 0.1) is 6.61 Å². The lowest BCUT2D eigenvalue weighted by Crippen LogP contribution is -2.33. The number of benzene rings is 3. The Balaban J connectivity index is 1.03. The van der Waals surface area contributed by atoms with Gasteiger partial charge in [0.1, 0.15) is 5.75 Å². The summed E-state index contributed by atoms with van der Waals surface area (Å²) >= 11 is 0. The van der Waals surface area contributed by atoms with Gasteiger partial charge in [0, 0.05) is 26.2 Å². The first kappa shape index (κ1) is 28.9. The van der Waals surface area contributed by atoms with E-state index < -0.39 is 0 Å². The predicted octanol–water partition coefficient (Wildman–Crippen LogP) is 7.16. The Kier molecular flexibility index (Phi) is 10.7. The molecule has 0 aliphatic carbocycles. The highest BCUT2D eigenvalue weighted by molar-refractivity contribution is 5.36. The number of nitrogens with zero attached hydrogens (tertiary/aromatic N) is 3. The molecule has 0 N–H and O–H groups in total. The summed E-state index contributed by atoms with van der Waals surface area (Å²) in [6, 6.07) is 27.0. The van der Waals surface area contributed by atoms with Crippen molar-refractivity contribution in [2.45, 2.75) is 72.1 Å². The molecule has 0 unspecified atom stereocenters. The third-order valence-electron chi connectivity index (χ3n) is 8.97. The van der Waals surface area contributed by atoms with Crippen LogP contribution in [0, 0.1) is 5.92 Å². The van der Waals surface area contributed by atoms with Crippen molar-refractivity contribution in [2.24, 2.45) is 5.92 Å². The van der Waals surface area contributed by atoms with Gasteiger partial charge in [0.15, 0.2) is 0 Å². The molecule has 4 heteroatoms. The number of aryl methyl sites for hydroxylation is 1. The average Bonchev–Trinajstić information content (AvgIpc) is 3.19. The molecule has 0 bridgehead atoms. The van der Waals surface area contributed by atoms with Crippen molar-refractivity contribution in [3.8, 4) is 5.75 Å². The molecule has 0 saturated carbocycles. The second-order valence-corrected chi connectivity index (χ2v) is 11.9. The maximum atomic E-state index is 6.31. The molecule has 2 heterocycles. The van der Waals surface area contributed by atoms with E-state index in [-0.39, 0.29) is 0 Å². The quantitative estimate of drug-likeness (QED) is 0.243. The molecule has 0 amide bonds. The van der Waals surface area contributed by atoms with E-state index in [0.717, 1.165) is 70.5 Å². The summed E-state index contributed by atoms with van der Waals surface area (Å²) in [5.74, 6) is 1.82. The van der Waals surface area contributed by atoms with Crippen molar-refractivity contribution in [3.05, 3.63) is 101 Å². The fourth-order valence-electron chi connectivity index (χ4n) is 6.36. The smallest absolute Gasteiger partial charge is 0.119 e. The number of likely N-dealkylation sites (tertiary alicyclic amines) is 1. The van der Waals surface area contributed by atoms with Gasteiger partial charge in [0.2, 0.25) is 0 Å². The van der Waals surface area contributed by atoms with Crippen LogP contribution in [0.3, 0.4) is 0 Å². The zero-order valence-electron chi connectivity index (χ0n) is 24.9. The van der Waals surface area contributed by atoms with Crippen molar-refractivity contribution < 1.29 is 4.74 Å². The first-order valence-corrected chi connectivity index (χ1v) is 15.7. The highest BCUT2D eigenvalue weighted by Crippen LogP contribution is 2.26. The topological polar surface area (TPSA) is 19.0 Å². The van der Waals surface area contributed by atoms with Crippen molar-refractivity contribution in [1.29, 1.82) is 0 Å². The normalized spacial score (nSPS) is 17.1. The van der Waals surface area contributed by atoms with Crippen LogP contribution in [0.1, 0.15) is 67.3 Å². The highest BCUT2D eigenvalue weighted by atomic mass is 16.5. The molecule has 4 nitrogen and oxygen atoms in total. The molecule has 214 valence electrons. The lowest BCUT2D eigenvalue weighted by atomic mass is 9.93. The molecule has 1 fully saturated rings. The van der Waals surface area contributed by atoms with Crippen LogP contribution in [0.2, 0.25) is 0 Å². The van der Waals surface area contributed by atoms with Gasteiger partial charge in [-0.2, -0.15) is 0 Å². The standard InChI is InChI=1S/C36H49N3O/c1-3-37(4-2)26-32-12-14-33(15-13-32)27-38-22-18-30(19-23-38)20-24-40-36-17-16-34-11-8-21-39(29-35(34)25-36)28-31-9-6-5-7-10-31/h5-7,9-10,12-17,25,30H,3-4,8,11,18-24,26-29H2,1-2H3. The molecule has 0 atom stereocenters. The van der Waals surface area contributed by atoms with E-state index in [9.17, 15) is 0 Å². The van der Waals surface area contributed by atoms with E-state index in [2.05, 4.69) is 101 Å². The van der Waals surface area contributed by atoms with Gasteiger partial charge in [-0.1, -0.05) is 74.5 Å². The van der Waals surface area contributed by atoms with Crippen LogP contribution in [-0.4, -0.2) is 54.0 Å². The zero-order valence-corrected chi connectivity index (χ0v) is 24.9. The van der Waals surface area contributed by atoms with Crippen molar-refractivity contribution in [3.63, 3.8) is 0 Å². The van der Waals surface area contributed by atoms with E-state index in [4.69, 9.17) is 4.74 Å². The fourth-order valence-corrected chi connectivity index (χ4v) is 6.36. The van der Waals surface area contributed by atoms with Gasteiger partial charge in [-0.25, -0.2) is 0 Å².